The zero-order valence-electron chi connectivity index (χ0n) is 16.3. The van der Waals surface area contributed by atoms with Crippen molar-refractivity contribution in [1.29, 1.82) is 0 Å². The Labute approximate surface area is 158 Å². The van der Waals surface area contributed by atoms with Gasteiger partial charge in [0.05, 0.1) is 0 Å². The maximum absolute atomic E-state index is 6.23. The van der Waals surface area contributed by atoms with Crippen LogP contribution in [0.5, 0.6) is 0 Å². The molecule has 0 aromatic carbocycles. The van der Waals surface area contributed by atoms with Gasteiger partial charge in [0.15, 0.2) is 0 Å². The highest BCUT2D eigenvalue weighted by molar-refractivity contribution is 8.93. The lowest BCUT2D eigenvalue weighted by molar-refractivity contribution is 0.480. The smallest absolute Gasteiger partial charge is 0.00388 e. The zero-order valence-corrected chi connectivity index (χ0v) is 18.0. The van der Waals surface area contributed by atoms with Crippen molar-refractivity contribution in [1.82, 2.24) is 0 Å². The zero-order chi connectivity index (χ0) is 16.3. The minimum atomic E-state index is 0. The molecule has 0 saturated heterocycles. The van der Waals surface area contributed by atoms with Crippen molar-refractivity contribution in [2.45, 2.75) is 135 Å². The van der Waals surface area contributed by atoms with E-state index >= 15 is 0 Å². The third-order valence-electron chi connectivity index (χ3n) is 4.86. The molecular weight excluding hydrogens is 346 g/mol. The summed E-state index contributed by atoms with van der Waals surface area (Å²) in [4.78, 5) is 0. The van der Waals surface area contributed by atoms with E-state index in [0.717, 1.165) is 0 Å². The summed E-state index contributed by atoms with van der Waals surface area (Å²) in [6.07, 6.45) is 25.1. The van der Waals surface area contributed by atoms with Gasteiger partial charge in [0.25, 0.3) is 0 Å². The second-order valence-electron chi connectivity index (χ2n) is 7.29. The molecule has 0 heterocycles. The summed E-state index contributed by atoms with van der Waals surface area (Å²) in [5.74, 6) is 0. The Kier molecular flexibility index (Phi) is 25.1. The first kappa shape index (κ1) is 25.7. The van der Waals surface area contributed by atoms with Gasteiger partial charge in [-0.05, 0) is 12.8 Å². The Hall–Kier alpha value is 0.440. The maximum Gasteiger partial charge on any atom is 0.00388 e. The first-order valence-corrected chi connectivity index (χ1v) is 10.6. The highest BCUT2D eigenvalue weighted by Gasteiger charge is 2.02. The van der Waals surface area contributed by atoms with Gasteiger partial charge in [-0.3, -0.25) is 0 Å². The predicted octanol–water partition coefficient (Wildman–Crippen LogP) is 7.95. The van der Waals surface area contributed by atoms with Crippen molar-refractivity contribution >= 4 is 17.0 Å². The molecule has 0 aliphatic heterocycles. The molecule has 0 rings (SSSR count). The van der Waals surface area contributed by atoms with Gasteiger partial charge in [0.1, 0.15) is 0 Å². The molecule has 0 aliphatic rings. The summed E-state index contributed by atoms with van der Waals surface area (Å²) in [5.41, 5.74) is 6.23. The molecule has 0 spiro atoms. The van der Waals surface area contributed by atoms with E-state index in [1.165, 1.54) is 116 Å². The molecule has 1 nitrogen and oxygen atoms in total. The van der Waals surface area contributed by atoms with Crippen LogP contribution < -0.4 is 5.73 Å². The van der Waals surface area contributed by atoms with Crippen molar-refractivity contribution in [2.24, 2.45) is 5.73 Å². The lowest BCUT2D eigenvalue weighted by Gasteiger charge is -2.11. The fraction of sp³-hybridized carbons (Fsp3) is 1.00. The summed E-state index contributed by atoms with van der Waals surface area (Å²) < 4.78 is 0. The fourth-order valence-electron chi connectivity index (χ4n) is 3.23. The second kappa shape index (κ2) is 22.4. The highest BCUT2D eigenvalue weighted by atomic mass is 79.9. The van der Waals surface area contributed by atoms with Crippen LogP contribution in [-0.4, -0.2) is 6.04 Å². The Morgan fingerprint density at radius 3 is 1.04 bits per heavy atom. The van der Waals surface area contributed by atoms with E-state index < -0.39 is 0 Å². The highest BCUT2D eigenvalue weighted by Crippen LogP contribution is 2.14. The summed E-state index contributed by atoms with van der Waals surface area (Å²) >= 11 is 0. The van der Waals surface area contributed by atoms with Crippen LogP contribution in [0.1, 0.15) is 129 Å². The Balaban J connectivity index is 0. The third kappa shape index (κ3) is 22.4. The molecule has 0 amide bonds. The lowest BCUT2D eigenvalue weighted by atomic mass is 10.0. The van der Waals surface area contributed by atoms with Crippen molar-refractivity contribution in [3.63, 3.8) is 0 Å². The van der Waals surface area contributed by atoms with Gasteiger partial charge in [0, 0.05) is 6.04 Å². The van der Waals surface area contributed by atoms with Gasteiger partial charge in [-0.2, -0.15) is 0 Å². The van der Waals surface area contributed by atoms with E-state index in [9.17, 15) is 0 Å². The molecule has 23 heavy (non-hydrogen) atoms. The molecule has 0 atom stereocenters. The van der Waals surface area contributed by atoms with E-state index in [1.54, 1.807) is 0 Å². The van der Waals surface area contributed by atoms with Crippen LogP contribution in [0.2, 0.25) is 0 Å². The molecule has 0 aromatic rings. The molecule has 0 unspecified atom stereocenters. The summed E-state index contributed by atoms with van der Waals surface area (Å²) in [5, 5.41) is 0. The number of hydrogen-bond acceptors (Lipinski definition) is 1. The average molecular weight is 393 g/mol. The Morgan fingerprint density at radius 2 is 0.739 bits per heavy atom. The first-order chi connectivity index (χ1) is 10.8. The lowest BCUT2D eigenvalue weighted by Crippen LogP contribution is -2.19. The molecular formula is C21H46BrN. The fourth-order valence-corrected chi connectivity index (χ4v) is 3.23. The molecule has 0 radical (unpaired) electrons. The molecule has 0 bridgehead atoms. The Bertz CT molecular complexity index is 176. The van der Waals surface area contributed by atoms with Gasteiger partial charge < -0.3 is 5.73 Å². The maximum atomic E-state index is 6.23. The van der Waals surface area contributed by atoms with Crippen molar-refractivity contribution in [3.05, 3.63) is 0 Å². The predicted molar refractivity (Wildman–Crippen MR) is 113 cm³/mol. The van der Waals surface area contributed by atoms with Crippen LogP contribution in [0.3, 0.4) is 0 Å². The van der Waals surface area contributed by atoms with Gasteiger partial charge in [-0.1, -0.05) is 117 Å². The molecule has 142 valence electrons. The summed E-state index contributed by atoms with van der Waals surface area (Å²) in [7, 11) is 0. The number of unbranched alkanes of at least 4 members (excludes halogenated alkanes) is 14. The molecule has 2 N–H and O–H groups in total. The number of rotatable bonds is 18. The van der Waals surface area contributed by atoms with Gasteiger partial charge in [-0.15, -0.1) is 17.0 Å². The topological polar surface area (TPSA) is 26.0 Å². The van der Waals surface area contributed by atoms with Crippen LogP contribution >= 0.6 is 17.0 Å². The van der Waals surface area contributed by atoms with E-state index in [4.69, 9.17) is 5.73 Å². The van der Waals surface area contributed by atoms with Gasteiger partial charge in [-0.25, -0.2) is 0 Å². The van der Waals surface area contributed by atoms with Crippen molar-refractivity contribution in [3.8, 4) is 0 Å². The van der Waals surface area contributed by atoms with Crippen LogP contribution in [0.15, 0.2) is 0 Å². The summed E-state index contributed by atoms with van der Waals surface area (Å²) in [6, 6.07) is 0.472. The van der Waals surface area contributed by atoms with E-state index in [2.05, 4.69) is 13.8 Å². The van der Waals surface area contributed by atoms with Crippen molar-refractivity contribution < 1.29 is 0 Å². The van der Waals surface area contributed by atoms with Crippen LogP contribution in [0.4, 0.5) is 0 Å². The quantitative estimate of drug-likeness (QED) is 0.235. The largest absolute Gasteiger partial charge is 0.328 e. The minimum Gasteiger partial charge on any atom is -0.328 e. The van der Waals surface area contributed by atoms with Crippen LogP contribution in [0, 0.1) is 0 Å². The van der Waals surface area contributed by atoms with Gasteiger partial charge in [0.2, 0.25) is 0 Å². The van der Waals surface area contributed by atoms with Gasteiger partial charge >= 0.3 is 0 Å². The number of hydrogen-bond donors (Lipinski definition) is 1. The molecule has 2 heteroatoms. The number of halogens is 1. The third-order valence-corrected chi connectivity index (χ3v) is 4.86. The van der Waals surface area contributed by atoms with E-state index in [0.29, 0.717) is 6.04 Å². The molecule has 0 aromatic heterocycles. The monoisotopic (exact) mass is 391 g/mol. The normalized spacial score (nSPS) is 11.0. The molecule has 0 fully saturated rings. The standard InChI is InChI=1S/C21H45N.BrH/c1-3-5-7-9-11-13-15-17-19-21(22)20-18-16-14-12-10-8-6-4-2;/h21H,3-20,22H2,1-2H3;1H. The summed E-state index contributed by atoms with van der Waals surface area (Å²) in [6.45, 7) is 4.57. The van der Waals surface area contributed by atoms with E-state index in [1.807, 2.05) is 0 Å². The minimum absolute atomic E-state index is 0. The van der Waals surface area contributed by atoms with Crippen LogP contribution in [-0.2, 0) is 0 Å². The first-order valence-electron chi connectivity index (χ1n) is 10.6. The average Bonchev–Trinajstić information content (AvgIpc) is 2.52. The molecule has 0 aliphatic carbocycles. The SMILES string of the molecule is Br.CCCCCCCCCCC(N)CCCCCCCCCC. The second-order valence-corrected chi connectivity index (χ2v) is 7.29. The molecule has 0 saturated carbocycles. The Morgan fingerprint density at radius 1 is 0.478 bits per heavy atom. The number of nitrogens with two attached hydrogens (primary N) is 1. The van der Waals surface area contributed by atoms with Crippen LogP contribution in [0.25, 0.3) is 0 Å². The van der Waals surface area contributed by atoms with E-state index in [-0.39, 0.29) is 17.0 Å². The van der Waals surface area contributed by atoms with Crippen molar-refractivity contribution in [2.75, 3.05) is 0 Å².